The minimum Gasteiger partial charge on any atom is -0.300 e. The third-order valence-electron chi connectivity index (χ3n) is 0.843. The van der Waals surface area contributed by atoms with Gasteiger partial charge >= 0.3 is 6.18 Å². The molecule has 0 amide bonds. The van der Waals surface area contributed by atoms with Crippen LogP contribution in [0.1, 0.15) is 5.82 Å². The van der Waals surface area contributed by atoms with Crippen molar-refractivity contribution in [3.05, 3.63) is 22.4 Å². The normalized spacial score (nSPS) is 11.5. The lowest BCUT2D eigenvalue weighted by molar-refractivity contribution is -0.145. The van der Waals surface area contributed by atoms with E-state index in [-0.39, 0.29) is 0 Å². The molecule has 11 heavy (non-hydrogen) atoms. The van der Waals surface area contributed by atoms with E-state index < -0.39 is 17.6 Å². The maximum absolute atomic E-state index is 11.7. The minimum absolute atomic E-state index is 0.662. The average Bonchev–Trinajstić information content (AvgIpc) is 1.86. The van der Waals surface area contributed by atoms with Gasteiger partial charge in [0.1, 0.15) is 6.20 Å². The maximum Gasteiger partial charge on any atom is 0.451 e. The first kappa shape index (κ1) is 7.70. The number of aromatic amines is 1. The van der Waals surface area contributed by atoms with Crippen LogP contribution < -0.4 is 5.56 Å². The minimum atomic E-state index is -4.65. The molecule has 4 nitrogen and oxygen atoms in total. The number of alkyl halides is 3. The van der Waals surface area contributed by atoms with E-state index in [1.165, 1.54) is 4.98 Å². The molecule has 0 spiro atoms. The van der Waals surface area contributed by atoms with Gasteiger partial charge in [-0.15, -0.1) is 5.10 Å². The molecule has 60 valence electrons. The fraction of sp³-hybridized carbons (Fsp3) is 0.250. The molecule has 0 saturated heterocycles. The predicted octanol–water partition coefficient (Wildman–Crippen LogP) is 0.184. The molecule has 0 bridgehead atoms. The number of hydrogen-bond donors (Lipinski definition) is 1. The molecule has 0 radical (unpaired) electrons. The Labute approximate surface area is 58.1 Å². The molecule has 1 aromatic heterocycles. The van der Waals surface area contributed by atoms with Crippen molar-refractivity contribution in [1.29, 1.82) is 0 Å². The molecule has 0 unspecified atom stereocenters. The van der Waals surface area contributed by atoms with Crippen LogP contribution >= 0.6 is 0 Å². The summed E-state index contributed by atoms with van der Waals surface area (Å²) < 4.78 is 35.1. The Balaban J connectivity index is 3.16. The van der Waals surface area contributed by atoms with Crippen LogP contribution in [0.3, 0.4) is 0 Å². The van der Waals surface area contributed by atoms with Gasteiger partial charge in [0.15, 0.2) is 0 Å². The van der Waals surface area contributed by atoms with Crippen molar-refractivity contribution in [2.24, 2.45) is 0 Å². The van der Waals surface area contributed by atoms with Crippen molar-refractivity contribution in [3.63, 3.8) is 0 Å². The highest BCUT2D eigenvalue weighted by Gasteiger charge is 2.34. The van der Waals surface area contributed by atoms with Crippen LogP contribution in [0.4, 0.5) is 13.2 Å². The van der Waals surface area contributed by atoms with Crippen molar-refractivity contribution in [2.75, 3.05) is 0 Å². The Bertz CT molecular complexity index is 304. The molecular weight excluding hydrogens is 163 g/mol. The largest absolute Gasteiger partial charge is 0.451 e. The van der Waals surface area contributed by atoms with Gasteiger partial charge in [0.05, 0.1) is 0 Å². The molecule has 0 aliphatic carbocycles. The van der Waals surface area contributed by atoms with Crippen molar-refractivity contribution >= 4 is 0 Å². The number of nitrogens with zero attached hydrogens (tertiary/aromatic N) is 2. The molecule has 0 aromatic carbocycles. The van der Waals surface area contributed by atoms with Gasteiger partial charge in [-0.05, 0) is 0 Å². The van der Waals surface area contributed by atoms with E-state index in [9.17, 15) is 18.0 Å². The standard InChI is InChI=1S/C4H2F3N3O/c5-4(6,7)3-9-2(11)1-8-10-3/h1H,(H,9,10,11). The molecule has 0 aliphatic rings. The van der Waals surface area contributed by atoms with Gasteiger partial charge in [-0.3, -0.25) is 4.79 Å². The lowest BCUT2D eigenvalue weighted by atomic mass is 10.6. The Morgan fingerprint density at radius 2 is 2.09 bits per heavy atom. The first-order chi connectivity index (χ1) is 5.00. The van der Waals surface area contributed by atoms with Gasteiger partial charge in [-0.1, -0.05) is 0 Å². The summed E-state index contributed by atoms with van der Waals surface area (Å²) in [5.41, 5.74) is -0.924. The lowest BCUT2D eigenvalue weighted by Gasteiger charge is -2.01. The highest BCUT2D eigenvalue weighted by atomic mass is 19.4. The van der Waals surface area contributed by atoms with Crippen LogP contribution in [0.25, 0.3) is 0 Å². The van der Waals surface area contributed by atoms with E-state index in [0.29, 0.717) is 6.20 Å². The van der Waals surface area contributed by atoms with Crippen molar-refractivity contribution in [1.82, 2.24) is 15.2 Å². The van der Waals surface area contributed by atoms with Crippen LogP contribution in [-0.4, -0.2) is 15.2 Å². The summed E-state index contributed by atoms with van der Waals surface area (Å²) in [5, 5.41) is 5.52. The average molecular weight is 165 g/mol. The van der Waals surface area contributed by atoms with E-state index >= 15 is 0 Å². The van der Waals surface area contributed by atoms with Gasteiger partial charge < -0.3 is 4.98 Å². The van der Waals surface area contributed by atoms with E-state index in [2.05, 4.69) is 10.2 Å². The first-order valence-electron chi connectivity index (χ1n) is 2.49. The van der Waals surface area contributed by atoms with Gasteiger partial charge in [-0.25, -0.2) is 0 Å². The second kappa shape index (κ2) is 2.33. The number of H-pyrrole nitrogens is 1. The molecule has 1 rings (SSSR count). The van der Waals surface area contributed by atoms with Crippen LogP contribution in [0.2, 0.25) is 0 Å². The summed E-state index contributed by atoms with van der Waals surface area (Å²) in [5.74, 6) is -1.38. The van der Waals surface area contributed by atoms with E-state index in [1.807, 2.05) is 0 Å². The molecule has 7 heteroatoms. The maximum atomic E-state index is 11.7. The fourth-order valence-corrected chi connectivity index (χ4v) is 0.441. The number of hydrogen-bond acceptors (Lipinski definition) is 3. The molecule has 1 aromatic rings. The zero-order valence-electron chi connectivity index (χ0n) is 5.01. The van der Waals surface area contributed by atoms with E-state index in [1.54, 1.807) is 0 Å². The molecule has 1 heterocycles. The molecule has 0 aliphatic heterocycles. The Kier molecular flexibility index (Phi) is 1.63. The second-order valence-electron chi connectivity index (χ2n) is 1.68. The zero-order valence-corrected chi connectivity index (χ0v) is 5.01. The summed E-state index contributed by atoms with van der Waals surface area (Å²) in [6.45, 7) is 0. The summed E-state index contributed by atoms with van der Waals surface area (Å²) in [6.07, 6.45) is -3.98. The van der Waals surface area contributed by atoms with Crippen molar-refractivity contribution in [2.45, 2.75) is 6.18 Å². The van der Waals surface area contributed by atoms with Gasteiger partial charge in [-0.2, -0.15) is 18.3 Å². The summed E-state index contributed by atoms with van der Waals surface area (Å²) in [7, 11) is 0. The number of halogens is 3. The van der Waals surface area contributed by atoms with Crippen LogP contribution in [0.5, 0.6) is 0 Å². The Morgan fingerprint density at radius 1 is 1.45 bits per heavy atom. The highest BCUT2D eigenvalue weighted by Crippen LogP contribution is 2.23. The molecular formula is C4H2F3N3O. The third kappa shape index (κ3) is 1.76. The zero-order chi connectivity index (χ0) is 8.48. The summed E-state index contributed by atoms with van der Waals surface area (Å²) in [4.78, 5) is 11.8. The Hall–Kier alpha value is -1.40. The second-order valence-corrected chi connectivity index (χ2v) is 1.68. The van der Waals surface area contributed by atoms with Crippen LogP contribution in [0.15, 0.2) is 11.0 Å². The van der Waals surface area contributed by atoms with Crippen molar-refractivity contribution in [3.8, 4) is 0 Å². The van der Waals surface area contributed by atoms with E-state index in [4.69, 9.17) is 0 Å². The predicted molar refractivity (Wildman–Crippen MR) is 27.7 cm³/mol. The fourth-order valence-electron chi connectivity index (χ4n) is 0.441. The third-order valence-corrected chi connectivity index (χ3v) is 0.843. The SMILES string of the molecule is O=c1cnnc(C(F)(F)F)[nH]1. The topological polar surface area (TPSA) is 58.6 Å². The van der Waals surface area contributed by atoms with Gasteiger partial charge in [0, 0.05) is 0 Å². The van der Waals surface area contributed by atoms with E-state index in [0.717, 1.165) is 0 Å². The van der Waals surface area contributed by atoms with Crippen molar-refractivity contribution < 1.29 is 13.2 Å². The quantitative estimate of drug-likeness (QED) is 0.596. The van der Waals surface area contributed by atoms with Gasteiger partial charge in [0.25, 0.3) is 5.56 Å². The molecule has 0 fully saturated rings. The summed E-state index contributed by atoms with van der Waals surface area (Å²) >= 11 is 0. The number of aromatic nitrogens is 3. The Morgan fingerprint density at radius 3 is 2.45 bits per heavy atom. The van der Waals surface area contributed by atoms with Crippen LogP contribution in [-0.2, 0) is 6.18 Å². The number of nitrogens with one attached hydrogen (secondary N) is 1. The monoisotopic (exact) mass is 165 g/mol. The number of rotatable bonds is 0. The lowest BCUT2D eigenvalue weighted by Crippen LogP contribution is -2.18. The summed E-state index contributed by atoms with van der Waals surface area (Å²) in [6, 6.07) is 0. The van der Waals surface area contributed by atoms with Crippen LogP contribution in [0, 0.1) is 0 Å². The molecule has 0 saturated carbocycles. The smallest absolute Gasteiger partial charge is 0.300 e. The molecule has 1 N–H and O–H groups in total. The highest BCUT2D eigenvalue weighted by molar-refractivity contribution is 4.87. The molecule has 0 atom stereocenters. The van der Waals surface area contributed by atoms with Gasteiger partial charge in [0.2, 0.25) is 5.82 Å². The first-order valence-corrected chi connectivity index (χ1v) is 2.49.